The summed E-state index contributed by atoms with van der Waals surface area (Å²) < 4.78 is 0. The molecule has 0 radical (unpaired) electrons. The minimum atomic E-state index is -0.0401. The summed E-state index contributed by atoms with van der Waals surface area (Å²) in [7, 11) is 0. The van der Waals surface area contributed by atoms with Crippen molar-refractivity contribution in [1.29, 1.82) is 0 Å². The molecular formula is C23H28N2O. The molecule has 0 saturated heterocycles. The zero-order chi connectivity index (χ0) is 18.1. The van der Waals surface area contributed by atoms with E-state index < -0.39 is 0 Å². The number of hydrogen-bond acceptors (Lipinski definition) is 1. The number of carbonyl (C=O) groups is 1. The van der Waals surface area contributed by atoms with Gasteiger partial charge in [-0.2, -0.15) is 0 Å². The van der Waals surface area contributed by atoms with E-state index in [1.165, 1.54) is 19.3 Å². The SMILES string of the molecule is CC1(C)[C@@H]2CCC(CNC(=O)N(c3ccccc3)c3ccccc3)[C@H]1C2. The molecule has 3 saturated carbocycles. The van der Waals surface area contributed by atoms with Gasteiger partial charge in [0.15, 0.2) is 0 Å². The Kier molecular flexibility index (Phi) is 4.47. The van der Waals surface area contributed by atoms with Crippen molar-refractivity contribution in [2.45, 2.75) is 33.1 Å². The van der Waals surface area contributed by atoms with Gasteiger partial charge in [-0.05, 0) is 66.7 Å². The summed E-state index contributed by atoms with van der Waals surface area (Å²) in [4.78, 5) is 14.9. The predicted molar refractivity (Wildman–Crippen MR) is 107 cm³/mol. The number of fused-ring (bicyclic) bond motifs is 2. The van der Waals surface area contributed by atoms with Crippen LogP contribution in [0.3, 0.4) is 0 Å². The number of nitrogens with one attached hydrogen (secondary N) is 1. The van der Waals surface area contributed by atoms with Gasteiger partial charge in [-0.3, -0.25) is 4.90 Å². The molecule has 2 aromatic rings. The highest BCUT2D eigenvalue weighted by Gasteiger charge is 2.53. The maximum absolute atomic E-state index is 13.1. The minimum Gasteiger partial charge on any atom is -0.337 e. The van der Waals surface area contributed by atoms with Crippen LogP contribution in [0.5, 0.6) is 0 Å². The Morgan fingerprint density at radius 2 is 1.58 bits per heavy atom. The second-order valence-corrected chi connectivity index (χ2v) is 8.39. The maximum Gasteiger partial charge on any atom is 0.326 e. The molecule has 1 unspecified atom stereocenters. The quantitative estimate of drug-likeness (QED) is 0.765. The van der Waals surface area contributed by atoms with E-state index in [0.717, 1.165) is 29.8 Å². The van der Waals surface area contributed by atoms with Gasteiger partial charge in [0.2, 0.25) is 0 Å². The van der Waals surface area contributed by atoms with E-state index in [9.17, 15) is 4.79 Å². The average Bonchev–Trinajstić information content (AvgIpc) is 2.68. The van der Waals surface area contributed by atoms with E-state index in [1.807, 2.05) is 60.7 Å². The number of amides is 2. The molecule has 26 heavy (non-hydrogen) atoms. The Morgan fingerprint density at radius 3 is 2.08 bits per heavy atom. The van der Waals surface area contributed by atoms with Crippen molar-refractivity contribution in [3.05, 3.63) is 60.7 Å². The van der Waals surface area contributed by atoms with Gasteiger partial charge in [0.25, 0.3) is 0 Å². The molecule has 3 nitrogen and oxygen atoms in total. The van der Waals surface area contributed by atoms with Gasteiger partial charge in [0.05, 0.1) is 11.4 Å². The molecule has 1 N–H and O–H groups in total. The minimum absolute atomic E-state index is 0.0401. The van der Waals surface area contributed by atoms with Gasteiger partial charge in [0.1, 0.15) is 0 Å². The summed E-state index contributed by atoms with van der Waals surface area (Å²) in [6.07, 6.45) is 3.90. The number of para-hydroxylation sites is 2. The Balaban J connectivity index is 1.49. The first-order valence-electron chi connectivity index (χ1n) is 9.75. The monoisotopic (exact) mass is 348 g/mol. The van der Waals surface area contributed by atoms with Crippen LogP contribution in [0.2, 0.25) is 0 Å². The highest BCUT2D eigenvalue weighted by Crippen LogP contribution is 2.61. The number of carbonyl (C=O) groups excluding carboxylic acids is 1. The van der Waals surface area contributed by atoms with Crippen molar-refractivity contribution < 1.29 is 4.79 Å². The Morgan fingerprint density at radius 1 is 1.00 bits per heavy atom. The van der Waals surface area contributed by atoms with Crippen LogP contribution in [-0.2, 0) is 0 Å². The summed E-state index contributed by atoms with van der Waals surface area (Å²) >= 11 is 0. The molecule has 3 fully saturated rings. The van der Waals surface area contributed by atoms with E-state index in [0.29, 0.717) is 11.3 Å². The van der Waals surface area contributed by atoms with E-state index in [-0.39, 0.29) is 6.03 Å². The first kappa shape index (κ1) is 17.1. The van der Waals surface area contributed by atoms with Crippen LogP contribution in [-0.4, -0.2) is 12.6 Å². The molecule has 0 heterocycles. The van der Waals surface area contributed by atoms with Crippen LogP contribution in [0.15, 0.2) is 60.7 Å². The number of urea groups is 1. The third-order valence-corrected chi connectivity index (χ3v) is 6.75. The summed E-state index contributed by atoms with van der Waals surface area (Å²) in [6, 6.07) is 19.7. The normalized spacial score (nSPS) is 25.8. The highest BCUT2D eigenvalue weighted by molar-refractivity contribution is 5.99. The van der Waals surface area contributed by atoms with Gasteiger partial charge in [0, 0.05) is 6.54 Å². The van der Waals surface area contributed by atoms with E-state index >= 15 is 0 Å². The van der Waals surface area contributed by atoms with Crippen molar-refractivity contribution in [1.82, 2.24) is 5.32 Å². The Bertz CT molecular complexity index is 715. The first-order chi connectivity index (χ1) is 12.6. The zero-order valence-corrected chi connectivity index (χ0v) is 15.7. The lowest BCUT2D eigenvalue weighted by Crippen LogP contribution is -2.55. The number of rotatable bonds is 4. The van der Waals surface area contributed by atoms with Crippen LogP contribution < -0.4 is 10.2 Å². The number of anilines is 2. The smallest absolute Gasteiger partial charge is 0.326 e. The number of benzene rings is 2. The lowest BCUT2D eigenvalue weighted by atomic mass is 9.45. The Hall–Kier alpha value is -2.29. The fourth-order valence-electron chi connectivity index (χ4n) is 5.04. The van der Waals surface area contributed by atoms with Crippen LogP contribution in [0.25, 0.3) is 0 Å². The molecule has 0 aromatic heterocycles. The van der Waals surface area contributed by atoms with Crippen LogP contribution in [0.1, 0.15) is 33.1 Å². The van der Waals surface area contributed by atoms with E-state index in [2.05, 4.69) is 19.2 Å². The molecule has 136 valence electrons. The van der Waals surface area contributed by atoms with Gasteiger partial charge in [-0.1, -0.05) is 50.2 Å². The van der Waals surface area contributed by atoms with Gasteiger partial charge >= 0.3 is 6.03 Å². The second kappa shape index (κ2) is 6.79. The summed E-state index contributed by atoms with van der Waals surface area (Å²) in [5, 5.41) is 3.23. The Labute approximate surface area is 156 Å². The molecular weight excluding hydrogens is 320 g/mol. The number of hydrogen-bond donors (Lipinski definition) is 1. The van der Waals surface area contributed by atoms with Crippen molar-refractivity contribution in [2.24, 2.45) is 23.2 Å². The van der Waals surface area contributed by atoms with Crippen LogP contribution in [0.4, 0.5) is 16.2 Å². The molecule has 5 rings (SSSR count). The largest absolute Gasteiger partial charge is 0.337 e. The molecule has 3 aliphatic carbocycles. The van der Waals surface area contributed by atoms with Crippen molar-refractivity contribution >= 4 is 17.4 Å². The second-order valence-electron chi connectivity index (χ2n) is 8.39. The van der Waals surface area contributed by atoms with Crippen molar-refractivity contribution in [3.8, 4) is 0 Å². The molecule has 2 amide bonds. The third-order valence-electron chi connectivity index (χ3n) is 6.75. The lowest BCUT2D eigenvalue weighted by molar-refractivity contribution is -0.103. The third kappa shape index (κ3) is 3.00. The molecule has 0 aliphatic heterocycles. The molecule has 3 heteroatoms. The first-order valence-corrected chi connectivity index (χ1v) is 9.75. The van der Waals surface area contributed by atoms with Gasteiger partial charge < -0.3 is 5.32 Å². The fourth-order valence-corrected chi connectivity index (χ4v) is 5.04. The molecule has 2 aromatic carbocycles. The maximum atomic E-state index is 13.1. The lowest BCUT2D eigenvalue weighted by Gasteiger charge is -2.60. The average molecular weight is 348 g/mol. The standard InChI is InChI=1S/C23H28N2O/c1-23(2)18-14-13-17(21(23)15-18)16-24-22(26)25(19-9-5-3-6-10-19)20-11-7-4-8-12-20/h3-12,17-18,21H,13-16H2,1-2H3,(H,24,26)/t17?,18-,21-/m1/s1. The fraction of sp³-hybridized carbons (Fsp3) is 0.435. The summed E-state index contributed by atoms with van der Waals surface area (Å²) in [5.74, 6) is 2.25. The molecule has 3 atom stereocenters. The topological polar surface area (TPSA) is 32.3 Å². The van der Waals surface area contributed by atoms with Gasteiger partial charge in [-0.15, -0.1) is 0 Å². The molecule has 3 aliphatic rings. The van der Waals surface area contributed by atoms with E-state index in [4.69, 9.17) is 0 Å². The molecule has 2 bridgehead atoms. The molecule has 0 spiro atoms. The predicted octanol–water partition coefficient (Wildman–Crippen LogP) is 5.61. The highest BCUT2D eigenvalue weighted by atomic mass is 16.2. The number of nitrogens with zero attached hydrogens (tertiary/aromatic N) is 1. The van der Waals surface area contributed by atoms with Crippen LogP contribution >= 0.6 is 0 Å². The zero-order valence-electron chi connectivity index (χ0n) is 15.7. The summed E-state index contributed by atoms with van der Waals surface area (Å²) in [6.45, 7) is 5.58. The van der Waals surface area contributed by atoms with E-state index in [1.54, 1.807) is 4.90 Å². The van der Waals surface area contributed by atoms with Gasteiger partial charge in [-0.25, -0.2) is 4.79 Å². The van der Waals surface area contributed by atoms with Crippen molar-refractivity contribution in [2.75, 3.05) is 11.4 Å². The van der Waals surface area contributed by atoms with Crippen LogP contribution in [0, 0.1) is 23.2 Å². The van der Waals surface area contributed by atoms with Crippen molar-refractivity contribution in [3.63, 3.8) is 0 Å². The summed E-state index contributed by atoms with van der Waals surface area (Å²) in [5.41, 5.74) is 2.24.